The molecule has 0 radical (unpaired) electrons. The summed E-state index contributed by atoms with van der Waals surface area (Å²) >= 11 is 1.44. The van der Waals surface area contributed by atoms with Crippen LogP contribution in [0.4, 0.5) is 0 Å². The third kappa shape index (κ3) is 2.82. The van der Waals surface area contributed by atoms with Crippen LogP contribution in [0.1, 0.15) is 5.56 Å². The maximum atomic E-state index is 8.72. The summed E-state index contributed by atoms with van der Waals surface area (Å²) in [5, 5.41) is 8.72. The largest absolute Gasteiger partial charge is 0.497 e. The van der Waals surface area contributed by atoms with Gasteiger partial charge in [-0.2, -0.15) is 5.26 Å². The van der Waals surface area contributed by atoms with Gasteiger partial charge in [-0.1, -0.05) is 12.1 Å². The van der Waals surface area contributed by atoms with Gasteiger partial charge in [-0.25, -0.2) is 0 Å². The van der Waals surface area contributed by atoms with E-state index < -0.39 is 0 Å². The molecule has 0 saturated carbocycles. The minimum absolute atomic E-state index is 0.704. The van der Waals surface area contributed by atoms with Crippen molar-refractivity contribution in [1.29, 1.82) is 5.26 Å². The monoisotopic (exact) mass is 205 g/mol. The number of nitriles is 1. The number of benzene rings is 1. The SMILES string of the molecule is COc1ccc(C=C(C#N)SC)cc1. The van der Waals surface area contributed by atoms with Crippen LogP contribution in [0.2, 0.25) is 0 Å². The molecular weight excluding hydrogens is 194 g/mol. The van der Waals surface area contributed by atoms with Gasteiger partial charge in [0, 0.05) is 0 Å². The lowest BCUT2D eigenvalue weighted by atomic mass is 10.2. The molecule has 0 aromatic heterocycles. The zero-order chi connectivity index (χ0) is 10.4. The van der Waals surface area contributed by atoms with E-state index in [1.54, 1.807) is 7.11 Å². The van der Waals surface area contributed by atoms with Crippen molar-refractivity contribution in [3.05, 3.63) is 34.7 Å². The lowest BCUT2D eigenvalue weighted by Gasteiger charge is -1.99. The van der Waals surface area contributed by atoms with Crippen LogP contribution in [0.5, 0.6) is 5.75 Å². The number of hydrogen-bond donors (Lipinski definition) is 0. The van der Waals surface area contributed by atoms with Gasteiger partial charge in [-0.15, -0.1) is 11.8 Å². The Hall–Kier alpha value is -1.40. The molecule has 0 spiro atoms. The van der Waals surface area contributed by atoms with Crippen molar-refractivity contribution in [1.82, 2.24) is 0 Å². The first-order chi connectivity index (χ1) is 6.80. The predicted octanol–water partition coefficient (Wildman–Crippen LogP) is 2.92. The summed E-state index contributed by atoms with van der Waals surface area (Å²) < 4.78 is 5.04. The average molecular weight is 205 g/mol. The van der Waals surface area contributed by atoms with Crippen LogP contribution < -0.4 is 4.74 Å². The Labute approximate surface area is 88.2 Å². The quantitative estimate of drug-likeness (QED) is 0.711. The van der Waals surface area contributed by atoms with E-state index >= 15 is 0 Å². The van der Waals surface area contributed by atoms with Crippen molar-refractivity contribution in [2.45, 2.75) is 0 Å². The van der Waals surface area contributed by atoms with E-state index in [1.807, 2.05) is 36.6 Å². The smallest absolute Gasteiger partial charge is 0.118 e. The number of ether oxygens (including phenoxy) is 1. The van der Waals surface area contributed by atoms with Crippen LogP contribution in [-0.4, -0.2) is 13.4 Å². The van der Waals surface area contributed by atoms with E-state index in [4.69, 9.17) is 10.00 Å². The molecule has 0 aliphatic rings. The zero-order valence-electron chi connectivity index (χ0n) is 8.15. The van der Waals surface area contributed by atoms with Crippen molar-refractivity contribution in [2.24, 2.45) is 0 Å². The minimum atomic E-state index is 0.704. The first kappa shape index (κ1) is 10.7. The Morgan fingerprint density at radius 3 is 2.50 bits per heavy atom. The number of thioether (sulfide) groups is 1. The van der Waals surface area contributed by atoms with Gasteiger partial charge in [-0.05, 0) is 30.0 Å². The number of nitrogens with zero attached hydrogens (tertiary/aromatic N) is 1. The molecule has 0 saturated heterocycles. The molecule has 72 valence electrons. The highest BCUT2D eigenvalue weighted by Crippen LogP contribution is 2.17. The van der Waals surface area contributed by atoms with E-state index in [1.165, 1.54) is 11.8 Å². The van der Waals surface area contributed by atoms with Crippen LogP contribution in [0.25, 0.3) is 6.08 Å². The molecular formula is C11H11NOS. The maximum Gasteiger partial charge on any atom is 0.118 e. The third-order valence-electron chi connectivity index (χ3n) is 1.74. The fraction of sp³-hybridized carbons (Fsp3) is 0.182. The van der Waals surface area contributed by atoms with Crippen LogP contribution in [-0.2, 0) is 0 Å². The van der Waals surface area contributed by atoms with Crippen LogP contribution in [0, 0.1) is 11.3 Å². The van der Waals surface area contributed by atoms with Crippen LogP contribution in [0.15, 0.2) is 29.2 Å². The first-order valence-corrected chi connectivity index (χ1v) is 5.32. The molecule has 3 heteroatoms. The lowest BCUT2D eigenvalue weighted by molar-refractivity contribution is 0.415. The van der Waals surface area contributed by atoms with E-state index in [2.05, 4.69) is 6.07 Å². The summed E-state index contributed by atoms with van der Waals surface area (Å²) in [4.78, 5) is 0.704. The molecule has 0 aliphatic carbocycles. The number of methoxy groups -OCH3 is 1. The predicted molar refractivity (Wildman–Crippen MR) is 60.1 cm³/mol. The molecule has 1 rings (SSSR count). The summed E-state index contributed by atoms with van der Waals surface area (Å²) in [6.45, 7) is 0. The van der Waals surface area contributed by atoms with Crippen LogP contribution in [0.3, 0.4) is 0 Å². The van der Waals surface area contributed by atoms with Crippen LogP contribution >= 0.6 is 11.8 Å². The zero-order valence-corrected chi connectivity index (χ0v) is 8.97. The standard InChI is InChI=1S/C11H11NOS/c1-13-10-5-3-9(4-6-10)7-11(8-12)14-2/h3-7H,1-2H3. The summed E-state index contributed by atoms with van der Waals surface area (Å²) in [6.07, 6.45) is 3.74. The Balaban J connectivity index is 2.88. The topological polar surface area (TPSA) is 33.0 Å². The van der Waals surface area contributed by atoms with Gasteiger partial charge in [0.2, 0.25) is 0 Å². The van der Waals surface area contributed by atoms with E-state index in [9.17, 15) is 0 Å². The molecule has 0 aliphatic heterocycles. The second kappa shape index (κ2) is 5.36. The fourth-order valence-corrected chi connectivity index (χ4v) is 1.33. The van der Waals surface area contributed by atoms with Crippen molar-refractivity contribution >= 4 is 17.8 Å². The molecule has 0 fully saturated rings. The minimum Gasteiger partial charge on any atom is -0.497 e. The van der Waals surface area contributed by atoms with Crippen molar-refractivity contribution in [3.8, 4) is 11.8 Å². The van der Waals surface area contributed by atoms with Gasteiger partial charge in [0.1, 0.15) is 11.8 Å². The Bertz CT molecular complexity index is 362. The summed E-state index contributed by atoms with van der Waals surface area (Å²) in [5.41, 5.74) is 1.01. The molecule has 1 aromatic rings. The van der Waals surface area contributed by atoms with E-state index in [0.717, 1.165) is 11.3 Å². The van der Waals surface area contributed by atoms with Crippen molar-refractivity contribution in [2.75, 3.05) is 13.4 Å². The number of allylic oxidation sites excluding steroid dienone is 1. The van der Waals surface area contributed by atoms with Gasteiger partial charge in [-0.3, -0.25) is 0 Å². The Morgan fingerprint density at radius 1 is 1.43 bits per heavy atom. The fourth-order valence-electron chi connectivity index (χ4n) is 0.988. The summed E-state index contributed by atoms with van der Waals surface area (Å²) in [7, 11) is 1.63. The van der Waals surface area contributed by atoms with E-state index in [-0.39, 0.29) is 0 Å². The highest BCUT2D eigenvalue weighted by Gasteiger charge is 1.94. The molecule has 0 N–H and O–H groups in total. The third-order valence-corrected chi connectivity index (χ3v) is 2.39. The second-order valence-electron chi connectivity index (χ2n) is 2.60. The molecule has 2 nitrogen and oxygen atoms in total. The van der Waals surface area contributed by atoms with E-state index in [0.29, 0.717) is 4.91 Å². The highest BCUT2D eigenvalue weighted by molar-refractivity contribution is 8.02. The molecule has 0 bridgehead atoms. The number of hydrogen-bond acceptors (Lipinski definition) is 3. The van der Waals surface area contributed by atoms with Gasteiger partial charge in [0.25, 0.3) is 0 Å². The highest BCUT2D eigenvalue weighted by atomic mass is 32.2. The van der Waals surface area contributed by atoms with Gasteiger partial charge in [0.05, 0.1) is 12.0 Å². The van der Waals surface area contributed by atoms with Crippen molar-refractivity contribution < 1.29 is 4.74 Å². The summed E-state index contributed by atoms with van der Waals surface area (Å²) in [5.74, 6) is 0.824. The molecule has 0 amide bonds. The van der Waals surface area contributed by atoms with Gasteiger partial charge < -0.3 is 4.74 Å². The van der Waals surface area contributed by atoms with Crippen molar-refractivity contribution in [3.63, 3.8) is 0 Å². The Morgan fingerprint density at radius 2 is 2.07 bits per heavy atom. The normalized spacial score (nSPS) is 10.8. The molecule has 0 atom stereocenters. The maximum absolute atomic E-state index is 8.72. The molecule has 14 heavy (non-hydrogen) atoms. The Kier molecular flexibility index (Phi) is 4.09. The molecule has 0 unspecified atom stereocenters. The van der Waals surface area contributed by atoms with Gasteiger partial charge >= 0.3 is 0 Å². The number of rotatable bonds is 3. The average Bonchev–Trinajstić information content (AvgIpc) is 2.26. The first-order valence-electron chi connectivity index (χ1n) is 4.10. The molecule has 1 aromatic carbocycles. The van der Waals surface area contributed by atoms with Gasteiger partial charge in [0.15, 0.2) is 0 Å². The molecule has 0 heterocycles. The summed E-state index contributed by atoms with van der Waals surface area (Å²) in [6, 6.07) is 9.72. The lowest BCUT2D eigenvalue weighted by Crippen LogP contribution is -1.81. The second-order valence-corrected chi connectivity index (χ2v) is 3.45.